The maximum atomic E-state index is 12.2. The number of rotatable bonds is 4. The molecule has 0 fully saturated rings. The number of benzene rings is 2. The monoisotopic (exact) mass is 384 g/mol. The molecule has 0 aliphatic rings. The van der Waals surface area contributed by atoms with Crippen LogP contribution in [-0.2, 0) is 0 Å². The number of anilines is 1. The predicted octanol–water partition coefficient (Wildman–Crippen LogP) is 4.14. The molecule has 0 atom stereocenters. The van der Waals surface area contributed by atoms with Crippen molar-refractivity contribution >= 4 is 52.1 Å². The lowest BCUT2D eigenvalue weighted by molar-refractivity contribution is 0.0978. The van der Waals surface area contributed by atoms with E-state index in [1.54, 1.807) is 31.4 Å². The van der Waals surface area contributed by atoms with Gasteiger partial charge in [0.1, 0.15) is 11.5 Å². The van der Waals surface area contributed by atoms with Crippen molar-refractivity contribution in [1.82, 2.24) is 5.32 Å². The standard InChI is InChI=1S/C16H14Cl2N2O3S/c1-22-10-4-6-13(14(8-10)23-2)19-16(24)20-15(21)11-5-3-9(17)7-12(11)18/h3-8H,1-2H3,(H2,19,20,21,24). The Kier molecular flexibility index (Phi) is 6.25. The van der Waals surface area contributed by atoms with Gasteiger partial charge < -0.3 is 14.8 Å². The lowest BCUT2D eigenvalue weighted by atomic mass is 10.2. The quantitative estimate of drug-likeness (QED) is 0.775. The van der Waals surface area contributed by atoms with Gasteiger partial charge in [0.25, 0.3) is 5.91 Å². The minimum Gasteiger partial charge on any atom is -0.497 e. The van der Waals surface area contributed by atoms with Gasteiger partial charge >= 0.3 is 0 Å². The molecule has 8 heteroatoms. The van der Waals surface area contributed by atoms with E-state index in [1.807, 2.05) is 0 Å². The summed E-state index contributed by atoms with van der Waals surface area (Å²) < 4.78 is 10.4. The number of amides is 1. The number of halogens is 2. The summed E-state index contributed by atoms with van der Waals surface area (Å²) in [4.78, 5) is 12.2. The molecule has 0 heterocycles. The van der Waals surface area contributed by atoms with Gasteiger partial charge in [0.2, 0.25) is 0 Å². The third-order valence-corrected chi connectivity index (χ3v) is 3.81. The molecule has 5 nitrogen and oxygen atoms in total. The van der Waals surface area contributed by atoms with E-state index >= 15 is 0 Å². The van der Waals surface area contributed by atoms with E-state index < -0.39 is 5.91 Å². The van der Waals surface area contributed by atoms with Crippen LogP contribution in [-0.4, -0.2) is 25.2 Å². The zero-order chi connectivity index (χ0) is 17.7. The molecule has 126 valence electrons. The Morgan fingerprint density at radius 1 is 1.08 bits per heavy atom. The molecule has 2 aromatic carbocycles. The second kappa shape index (κ2) is 8.19. The molecule has 0 aliphatic carbocycles. The number of carbonyl (C=O) groups is 1. The molecule has 2 aromatic rings. The number of hydrogen-bond donors (Lipinski definition) is 2. The fourth-order valence-electron chi connectivity index (χ4n) is 1.90. The Morgan fingerprint density at radius 2 is 1.83 bits per heavy atom. The summed E-state index contributed by atoms with van der Waals surface area (Å²) >= 11 is 17.0. The van der Waals surface area contributed by atoms with Gasteiger partial charge in [-0.25, -0.2) is 0 Å². The van der Waals surface area contributed by atoms with Gasteiger partial charge in [-0.3, -0.25) is 10.1 Å². The summed E-state index contributed by atoms with van der Waals surface area (Å²) in [6.45, 7) is 0. The van der Waals surface area contributed by atoms with Crippen molar-refractivity contribution in [3.8, 4) is 11.5 Å². The second-order valence-corrected chi connectivity index (χ2v) is 5.85. The molecule has 0 saturated heterocycles. The normalized spacial score (nSPS) is 10.0. The minimum atomic E-state index is -0.443. The molecule has 0 saturated carbocycles. The summed E-state index contributed by atoms with van der Waals surface area (Å²) in [5.41, 5.74) is 0.859. The molecule has 2 rings (SSSR count). The molecule has 24 heavy (non-hydrogen) atoms. The van der Waals surface area contributed by atoms with Crippen LogP contribution in [0.1, 0.15) is 10.4 Å². The van der Waals surface area contributed by atoms with Crippen LogP contribution in [0.2, 0.25) is 10.0 Å². The average Bonchev–Trinajstić information content (AvgIpc) is 2.54. The van der Waals surface area contributed by atoms with Crippen molar-refractivity contribution in [2.24, 2.45) is 0 Å². The second-order valence-electron chi connectivity index (χ2n) is 4.60. The van der Waals surface area contributed by atoms with Crippen LogP contribution in [0.5, 0.6) is 11.5 Å². The maximum Gasteiger partial charge on any atom is 0.258 e. The van der Waals surface area contributed by atoms with Crippen LogP contribution < -0.4 is 20.1 Å². The molecular formula is C16H14Cl2N2O3S. The highest BCUT2D eigenvalue weighted by Gasteiger charge is 2.13. The van der Waals surface area contributed by atoms with E-state index in [4.69, 9.17) is 44.9 Å². The number of hydrogen-bond acceptors (Lipinski definition) is 4. The van der Waals surface area contributed by atoms with Gasteiger partial charge in [-0.1, -0.05) is 23.2 Å². The summed E-state index contributed by atoms with van der Waals surface area (Å²) in [6.07, 6.45) is 0. The van der Waals surface area contributed by atoms with Crippen molar-refractivity contribution in [3.05, 3.63) is 52.0 Å². The van der Waals surface area contributed by atoms with Crippen LogP contribution in [0.3, 0.4) is 0 Å². The van der Waals surface area contributed by atoms with Crippen LogP contribution >= 0.6 is 35.4 Å². The first-order valence-corrected chi connectivity index (χ1v) is 7.90. The van der Waals surface area contributed by atoms with Crippen LogP contribution in [0.15, 0.2) is 36.4 Å². The number of ether oxygens (including phenoxy) is 2. The van der Waals surface area contributed by atoms with E-state index in [9.17, 15) is 4.79 Å². The highest BCUT2D eigenvalue weighted by Crippen LogP contribution is 2.29. The van der Waals surface area contributed by atoms with Gasteiger partial charge in [-0.15, -0.1) is 0 Å². The van der Waals surface area contributed by atoms with Gasteiger partial charge in [0, 0.05) is 11.1 Å². The topological polar surface area (TPSA) is 59.6 Å². The molecule has 0 radical (unpaired) electrons. The fraction of sp³-hybridized carbons (Fsp3) is 0.125. The lowest BCUT2D eigenvalue weighted by Gasteiger charge is -2.14. The Labute approximate surface area is 154 Å². The summed E-state index contributed by atoms with van der Waals surface area (Å²) in [7, 11) is 3.08. The zero-order valence-corrected chi connectivity index (χ0v) is 15.2. The van der Waals surface area contributed by atoms with E-state index in [2.05, 4.69) is 10.6 Å². The van der Waals surface area contributed by atoms with Crippen molar-refractivity contribution in [2.45, 2.75) is 0 Å². The van der Waals surface area contributed by atoms with Crippen molar-refractivity contribution < 1.29 is 14.3 Å². The SMILES string of the molecule is COc1ccc(NC(=S)NC(=O)c2ccc(Cl)cc2Cl)c(OC)c1. The number of methoxy groups -OCH3 is 2. The molecule has 2 N–H and O–H groups in total. The number of carbonyl (C=O) groups excluding carboxylic acids is 1. The first kappa shape index (κ1) is 18.3. The summed E-state index contributed by atoms with van der Waals surface area (Å²) in [6, 6.07) is 9.75. The molecule has 0 aliphatic heterocycles. The van der Waals surface area contributed by atoms with Gasteiger partial charge in [-0.2, -0.15) is 0 Å². The van der Waals surface area contributed by atoms with E-state index in [-0.39, 0.29) is 15.7 Å². The third kappa shape index (κ3) is 4.50. The smallest absolute Gasteiger partial charge is 0.258 e. The highest BCUT2D eigenvalue weighted by molar-refractivity contribution is 7.80. The Bertz CT molecular complexity index is 784. The largest absolute Gasteiger partial charge is 0.497 e. The molecular weight excluding hydrogens is 371 g/mol. The molecule has 1 amide bonds. The molecule has 0 unspecified atom stereocenters. The van der Waals surface area contributed by atoms with E-state index in [1.165, 1.54) is 19.2 Å². The Hall–Kier alpha value is -2.02. The number of nitrogens with one attached hydrogen (secondary N) is 2. The fourth-order valence-corrected chi connectivity index (χ4v) is 2.60. The van der Waals surface area contributed by atoms with E-state index in [0.29, 0.717) is 22.2 Å². The van der Waals surface area contributed by atoms with Crippen molar-refractivity contribution in [3.63, 3.8) is 0 Å². The predicted molar refractivity (Wildman–Crippen MR) is 99.7 cm³/mol. The summed E-state index contributed by atoms with van der Waals surface area (Å²) in [5, 5.41) is 6.24. The average molecular weight is 385 g/mol. The van der Waals surface area contributed by atoms with Gasteiger partial charge in [-0.05, 0) is 42.5 Å². The zero-order valence-electron chi connectivity index (χ0n) is 12.9. The van der Waals surface area contributed by atoms with Gasteiger partial charge in [0.05, 0.1) is 30.5 Å². The van der Waals surface area contributed by atoms with Gasteiger partial charge in [0.15, 0.2) is 5.11 Å². The molecule has 0 spiro atoms. The minimum absolute atomic E-state index is 0.106. The first-order chi connectivity index (χ1) is 11.4. The van der Waals surface area contributed by atoms with Crippen molar-refractivity contribution in [1.29, 1.82) is 0 Å². The van der Waals surface area contributed by atoms with E-state index in [0.717, 1.165) is 0 Å². The van der Waals surface area contributed by atoms with Crippen LogP contribution in [0, 0.1) is 0 Å². The Morgan fingerprint density at radius 3 is 2.46 bits per heavy atom. The maximum absolute atomic E-state index is 12.2. The third-order valence-electron chi connectivity index (χ3n) is 3.06. The number of thiocarbonyl (C=S) groups is 1. The van der Waals surface area contributed by atoms with Crippen LogP contribution in [0.25, 0.3) is 0 Å². The van der Waals surface area contributed by atoms with Crippen molar-refractivity contribution in [2.75, 3.05) is 19.5 Å². The Balaban J connectivity index is 2.09. The lowest BCUT2D eigenvalue weighted by Crippen LogP contribution is -2.34. The summed E-state index contributed by atoms with van der Waals surface area (Å²) in [5.74, 6) is 0.720. The molecule has 0 bridgehead atoms. The first-order valence-electron chi connectivity index (χ1n) is 6.74. The molecule has 0 aromatic heterocycles. The highest BCUT2D eigenvalue weighted by atomic mass is 35.5. The van der Waals surface area contributed by atoms with Crippen LogP contribution in [0.4, 0.5) is 5.69 Å².